The van der Waals surface area contributed by atoms with Gasteiger partial charge in [0, 0.05) is 18.8 Å². The number of hydrogen-bond acceptors (Lipinski definition) is 7. The van der Waals surface area contributed by atoms with E-state index in [2.05, 4.69) is 20.2 Å². The normalized spacial score (nSPS) is 35.1. The molecule has 0 amide bonds. The van der Waals surface area contributed by atoms with Crippen molar-refractivity contribution in [2.75, 3.05) is 19.8 Å². The molecule has 1 aliphatic carbocycles. The molecule has 1 saturated carbocycles. The molecule has 146 valence electrons. The fourth-order valence-electron chi connectivity index (χ4n) is 3.93. The Morgan fingerprint density at radius 3 is 3.04 bits per heavy atom. The zero-order valence-corrected chi connectivity index (χ0v) is 15.6. The Labute approximate surface area is 154 Å². The summed E-state index contributed by atoms with van der Waals surface area (Å²) in [6.07, 6.45) is 2.36. The number of carbonyl (C=O) groups is 1. The van der Waals surface area contributed by atoms with Crippen molar-refractivity contribution in [2.24, 2.45) is 27.6 Å². The van der Waals surface area contributed by atoms with Crippen LogP contribution in [0.2, 0.25) is 0 Å². The second kappa shape index (κ2) is 8.54. The summed E-state index contributed by atoms with van der Waals surface area (Å²) in [4.78, 5) is 23.7. The van der Waals surface area contributed by atoms with Crippen molar-refractivity contribution < 1.29 is 13.9 Å². The van der Waals surface area contributed by atoms with Gasteiger partial charge in [0.1, 0.15) is 12.3 Å². The van der Waals surface area contributed by atoms with Crippen LogP contribution >= 0.6 is 0 Å². The van der Waals surface area contributed by atoms with Crippen LogP contribution in [0.5, 0.6) is 0 Å². The summed E-state index contributed by atoms with van der Waals surface area (Å²) in [6.45, 7) is 6.51. The number of carbonyl (C=O) groups excluding carboxylic acids is 1. The number of ether oxygens (including phenoxy) is 1. The molecule has 0 aromatic heterocycles. The van der Waals surface area contributed by atoms with E-state index in [1.54, 1.807) is 0 Å². The summed E-state index contributed by atoms with van der Waals surface area (Å²) in [5, 5.41) is 3.31. The summed E-state index contributed by atoms with van der Waals surface area (Å²) in [6, 6.07) is -0.379. The topological polar surface area (TPSA) is 92.3 Å². The molecule has 2 fully saturated rings. The number of rotatable bonds is 6. The van der Waals surface area contributed by atoms with Crippen molar-refractivity contribution in [1.82, 2.24) is 10.2 Å². The first-order chi connectivity index (χ1) is 12.5. The zero-order chi connectivity index (χ0) is 18.7. The van der Waals surface area contributed by atoms with Gasteiger partial charge in [-0.05, 0) is 44.7 Å². The van der Waals surface area contributed by atoms with Crippen LogP contribution in [-0.4, -0.2) is 67.2 Å². The highest BCUT2D eigenvalue weighted by atomic mass is 19.1. The van der Waals surface area contributed by atoms with Crippen molar-refractivity contribution in [3.05, 3.63) is 0 Å². The molecule has 6 unspecified atom stereocenters. The molecule has 8 heteroatoms. The second-order valence-electron chi connectivity index (χ2n) is 7.53. The van der Waals surface area contributed by atoms with Gasteiger partial charge in [-0.25, -0.2) is 9.38 Å². The lowest BCUT2D eigenvalue weighted by atomic mass is 9.79. The third-order valence-corrected chi connectivity index (χ3v) is 5.58. The van der Waals surface area contributed by atoms with E-state index in [9.17, 15) is 9.18 Å². The molecule has 1 saturated heterocycles. The highest BCUT2D eigenvalue weighted by Gasteiger charge is 2.42. The molecule has 3 aliphatic rings. The third-order valence-electron chi connectivity index (χ3n) is 5.58. The Hall–Kier alpha value is -1.38. The highest BCUT2D eigenvalue weighted by molar-refractivity contribution is 6.04. The van der Waals surface area contributed by atoms with E-state index >= 15 is 0 Å². The molecule has 0 spiro atoms. The molecule has 0 radical (unpaired) electrons. The lowest BCUT2D eigenvalue weighted by Crippen LogP contribution is -2.48. The molecule has 26 heavy (non-hydrogen) atoms. The molecule has 2 heterocycles. The minimum absolute atomic E-state index is 0.0720. The van der Waals surface area contributed by atoms with Gasteiger partial charge in [0.2, 0.25) is 6.23 Å². The number of cyclic esters (lactones) is 1. The first kappa shape index (κ1) is 19.4. The van der Waals surface area contributed by atoms with Gasteiger partial charge in [-0.1, -0.05) is 6.92 Å². The summed E-state index contributed by atoms with van der Waals surface area (Å²) in [5.74, 6) is -1.02. The minimum Gasteiger partial charge on any atom is -0.438 e. The van der Waals surface area contributed by atoms with Crippen molar-refractivity contribution in [3.63, 3.8) is 0 Å². The largest absolute Gasteiger partial charge is 0.438 e. The van der Waals surface area contributed by atoms with Gasteiger partial charge in [0.25, 0.3) is 0 Å². The Kier molecular flexibility index (Phi) is 6.37. The molecule has 7 nitrogen and oxygen atoms in total. The van der Waals surface area contributed by atoms with Gasteiger partial charge in [0.05, 0.1) is 18.6 Å². The molecular weight excluding hydrogens is 337 g/mol. The molecule has 6 atom stereocenters. The van der Waals surface area contributed by atoms with E-state index in [-0.39, 0.29) is 30.5 Å². The maximum atomic E-state index is 13.9. The molecule has 2 aliphatic heterocycles. The number of hydrogen-bond donors (Lipinski definition) is 2. The number of nitrogens with zero attached hydrogens (tertiary/aromatic N) is 3. The molecule has 3 N–H and O–H groups in total. The fourth-order valence-corrected chi connectivity index (χ4v) is 3.93. The number of esters is 1. The first-order valence-corrected chi connectivity index (χ1v) is 9.58. The number of fused-ring (bicyclic) bond motifs is 1. The molecule has 0 bridgehead atoms. The molecule has 3 rings (SSSR count). The van der Waals surface area contributed by atoms with Crippen LogP contribution in [0.1, 0.15) is 39.5 Å². The summed E-state index contributed by atoms with van der Waals surface area (Å²) in [7, 11) is 0. The van der Waals surface area contributed by atoms with Crippen LogP contribution in [0.3, 0.4) is 0 Å². The molecule has 0 aromatic carbocycles. The monoisotopic (exact) mass is 367 g/mol. The summed E-state index contributed by atoms with van der Waals surface area (Å²) < 4.78 is 19.3. The van der Waals surface area contributed by atoms with E-state index in [1.165, 1.54) is 0 Å². The SMILES string of the molecule is C/C=N\C(CCC(N)C1N=C2CC(C)C(F)CC2C(=O)O1)N1CCNC1. The fraction of sp³-hybridized carbons (Fsp3) is 0.833. The highest BCUT2D eigenvalue weighted by Crippen LogP contribution is 2.33. The van der Waals surface area contributed by atoms with E-state index in [4.69, 9.17) is 10.5 Å². The van der Waals surface area contributed by atoms with Crippen LogP contribution in [0.25, 0.3) is 0 Å². The average Bonchev–Trinajstić information content (AvgIpc) is 3.14. The first-order valence-electron chi connectivity index (χ1n) is 9.58. The van der Waals surface area contributed by atoms with Crippen LogP contribution in [0, 0.1) is 11.8 Å². The van der Waals surface area contributed by atoms with Gasteiger partial charge in [-0.2, -0.15) is 0 Å². The standard InChI is InChI=1S/C18H30FN5O2/c1-3-22-16(24-7-6-21-10-24)5-4-14(20)17-23-15-8-11(2)13(19)9-12(15)18(25)26-17/h3,11-14,16-17,21H,4-10,20H2,1-2H3/b22-3-. The van der Waals surface area contributed by atoms with E-state index < -0.39 is 18.3 Å². The van der Waals surface area contributed by atoms with Crippen molar-refractivity contribution in [1.29, 1.82) is 0 Å². The van der Waals surface area contributed by atoms with E-state index in [0.29, 0.717) is 12.8 Å². The lowest BCUT2D eigenvalue weighted by molar-refractivity contribution is -0.155. The zero-order valence-electron chi connectivity index (χ0n) is 15.6. The van der Waals surface area contributed by atoms with Crippen LogP contribution in [-0.2, 0) is 9.53 Å². The van der Waals surface area contributed by atoms with Gasteiger partial charge in [0.15, 0.2) is 0 Å². The predicted molar refractivity (Wildman–Crippen MR) is 98.8 cm³/mol. The number of halogens is 1. The Balaban J connectivity index is 1.60. The quantitative estimate of drug-likeness (QED) is 0.541. The number of nitrogens with two attached hydrogens (primary N) is 1. The number of alkyl halides is 1. The van der Waals surface area contributed by atoms with Crippen LogP contribution in [0.15, 0.2) is 9.98 Å². The van der Waals surface area contributed by atoms with E-state index in [0.717, 1.165) is 31.9 Å². The number of nitrogens with one attached hydrogen (secondary N) is 1. The second-order valence-corrected chi connectivity index (χ2v) is 7.53. The van der Waals surface area contributed by atoms with Gasteiger partial charge < -0.3 is 15.8 Å². The van der Waals surface area contributed by atoms with E-state index in [1.807, 2.05) is 20.1 Å². The van der Waals surface area contributed by atoms with Gasteiger partial charge in [-0.3, -0.25) is 14.7 Å². The molecule has 0 aromatic rings. The van der Waals surface area contributed by atoms with Crippen molar-refractivity contribution >= 4 is 17.9 Å². The lowest BCUT2D eigenvalue weighted by Gasteiger charge is -2.36. The number of aliphatic imine (C=N–C) groups is 2. The van der Waals surface area contributed by atoms with Crippen LogP contribution < -0.4 is 11.1 Å². The van der Waals surface area contributed by atoms with Gasteiger partial charge in [-0.15, -0.1) is 0 Å². The molecular formula is C18H30FN5O2. The maximum Gasteiger partial charge on any atom is 0.316 e. The Morgan fingerprint density at radius 1 is 1.54 bits per heavy atom. The summed E-state index contributed by atoms with van der Waals surface area (Å²) >= 11 is 0. The minimum atomic E-state index is -0.974. The van der Waals surface area contributed by atoms with Crippen molar-refractivity contribution in [3.8, 4) is 0 Å². The van der Waals surface area contributed by atoms with Crippen molar-refractivity contribution in [2.45, 2.75) is 64.1 Å². The third kappa shape index (κ3) is 4.29. The Bertz CT molecular complexity index is 564. The average molecular weight is 367 g/mol. The van der Waals surface area contributed by atoms with Crippen LogP contribution in [0.4, 0.5) is 4.39 Å². The summed E-state index contributed by atoms with van der Waals surface area (Å²) in [5.41, 5.74) is 7.05. The Morgan fingerprint density at radius 2 is 2.35 bits per heavy atom. The van der Waals surface area contributed by atoms with Gasteiger partial charge >= 0.3 is 5.97 Å². The predicted octanol–water partition coefficient (Wildman–Crippen LogP) is 1.08. The maximum absolute atomic E-state index is 13.9. The smallest absolute Gasteiger partial charge is 0.316 e.